The van der Waals surface area contributed by atoms with Crippen LogP contribution in [-0.4, -0.2) is 12.4 Å². The van der Waals surface area contributed by atoms with E-state index in [9.17, 15) is 9.18 Å². The lowest BCUT2D eigenvalue weighted by Crippen LogP contribution is -2.12. The van der Waals surface area contributed by atoms with E-state index in [4.69, 9.17) is 16.3 Å². The Labute approximate surface area is 115 Å². The normalized spacial score (nSPS) is 10.3. The lowest BCUT2D eigenvalue weighted by Gasteiger charge is -2.06. The highest BCUT2D eigenvalue weighted by atomic mass is 35.5. The molecule has 0 bridgehead atoms. The number of hydrogen-bond donors (Lipinski definition) is 0. The predicted octanol–water partition coefficient (Wildman–Crippen LogP) is 4.05. The highest BCUT2D eigenvalue weighted by molar-refractivity contribution is 6.30. The van der Waals surface area contributed by atoms with Crippen LogP contribution in [0, 0.1) is 12.7 Å². The van der Waals surface area contributed by atoms with Gasteiger partial charge in [-0.25, -0.2) is 4.39 Å². The van der Waals surface area contributed by atoms with Gasteiger partial charge in [-0.3, -0.25) is 4.79 Å². The number of hydrogen-bond acceptors (Lipinski definition) is 2. The van der Waals surface area contributed by atoms with Crippen LogP contribution in [0.4, 0.5) is 4.39 Å². The maximum atomic E-state index is 13.2. The van der Waals surface area contributed by atoms with Gasteiger partial charge in [-0.2, -0.15) is 0 Å². The average molecular weight is 279 g/mol. The summed E-state index contributed by atoms with van der Waals surface area (Å²) in [7, 11) is 0. The van der Waals surface area contributed by atoms with Crippen LogP contribution in [0.2, 0.25) is 5.02 Å². The molecule has 0 amide bonds. The Morgan fingerprint density at radius 2 is 1.89 bits per heavy atom. The zero-order valence-corrected chi connectivity index (χ0v) is 11.1. The SMILES string of the molecule is Cc1cc(F)cc(C(=O)COc2ccc(Cl)cc2)c1. The van der Waals surface area contributed by atoms with E-state index in [0.717, 1.165) is 0 Å². The summed E-state index contributed by atoms with van der Waals surface area (Å²) < 4.78 is 18.5. The molecule has 2 nitrogen and oxygen atoms in total. The maximum absolute atomic E-state index is 13.2. The molecule has 98 valence electrons. The van der Waals surface area contributed by atoms with Crippen molar-refractivity contribution in [1.29, 1.82) is 0 Å². The molecule has 0 fully saturated rings. The summed E-state index contributed by atoms with van der Waals surface area (Å²) in [5.74, 6) is -0.140. The number of ether oxygens (including phenoxy) is 1. The zero-order chi connectivity index (χ0) is 13.8. The molecule has 0 spiro atoms. The number of benzene rings is 2. The third-order valence-electron chi connectivity index (χ3n) is 2.55. The number of rotatable bonds is 4. The molecule has 0 atom stereocenters. The number of aryl methyl sites for hydroxylation is 1. The van der Waals surface area contributed by atoms with Crippen LogP contribution in [-0.2, 0) is 0 Å². The van der Waals surface area contributed by atoms with Crippen molar-refractivity contribution in [3.8, 4) is 5.75 Å². The van der Waals surface area contributed by atoms with Crippen LogP contribution in [0.5, 0.6) is 5.75 Å². The Morgan fingerprint density at radius 3 is 2.53 bits per heavy atom. The van der Waals surface area contributed by atoms with Crippen molar-refractivity contribution in [2.24, 2.45) is 0 Å². The molecule has 4 heteroatoms. The Hall–Kier alpha value is -1.87. The summed E-state index contributed by atoms with van der Waals surface area (Å²) in [6, 6.07) is 10.9. The third kappa shape index (κ3) is 3.80. The second-order valence-corrected chi connectivity index (χ2v) is 4.62. The number of Topliss-reactive ketones (excluding diaryl/α,β-unsaturated/α-hetero) is 1. The van der Waals surface area contributed by atoms with Gasteiger partial charge < -0.3 is 4.74 Å². The molecule has 2 aromatic carbocycles. The molecule has 0 aromatic heterocycles. The Bertz CT molecular complexity index is 573. The predicted molar refractivity (Wildman–Crippen MR) is 72.4 cm³/mol. The minimum Gasteiger partial charge on any atom is -0.485 e. The molecule has 0 aliphatic carbocycles. The minimum atomic E-state index is -0.421. The van der Waals surface area contributed by atoms with Crippen LogP contribution in [0.1, 0.15) is 15.9 Å². The van der Waals surface area contributed by atoms with Crippen molar-refractivity contribution in [3.05, 3.63) is 64.4 Å². The second-order valence-electron chi connectivity index (χ2n) is 4.18. The van der Waals surface area contributed by atoms with Gasteiger partial charge in [0.1, 0.15) is 11.6 Å². The summed E-state index contributed by atoms with van der Waals surface area (Å²) in [5, 5.41) is 0.597. The van der Waals surface area contributed by atoms with E-state index in [0.29, 0.717) is 21.9 Å². The molecule has 0 saturated heterocycles. The maximum Gasteiger partial charge on any atom is 0.200 e. The van der Waals surface area contributed by atoms with E-state index in [2.05, 4.69) is 0 Å². The van der Waals surface area contributed by atoms with Crippen molar-refractivity contribution >= 4 is 17.4 Å². The molecule has 0 heterocycles. The quantitative estimate of drug-likeness (QED) is 0.789. The van der Waals surface area contributed by atoms with E-state index < -0.39 is 5.82 Å². The highest BCUT2D eigenvalue weighted by Crippen LogP contribution is 2.16. The van der Waals surface area contributed by atoms with Gasteiger partial charge in [0.05, 0.1) is 0 Å². The largest absolute Gasteiger partial charge is 0.485 e. The van der Waals surface area contributed by atoms with Gasteiger partial charge in [0.2, 0.25) is 0 Å². The van der Waals surface area contributed by atoms with Crippen LogP contribution < -0.4 is 4.74 Å². The molecule has 0 saturated carbocycles. The van der Waals surface area contributed by atoms with E-state index >= 15 is 0 Å². The molecule has 0 N–H and O–H groups in total. The van der Waals surface area contributed by atoms with Crippen molar-refractivity contribution < 1.29 is 13.9 Å². The van der Waals surface area contributed by atoms with Gasteiger partial charge in [-0.1, -0.05) is 11.6 Å². The molecule has 0 aliphatic heterocycles. The lowest BCUT2D eigenvalue weighted by molar-refractivity contribution is 0.0921. The van der Waals surface area contributed by atoms with Crippen LogP contribution in [0.3, 0.4) is 0 Å². The van der Waals surface area contributed by atoms with Gasteiger partial charge in [0.15, 0.2) is 12.4 Å². The minimum absolute atomic E-state index is 0.134. The Balaban J connectivity index is 2.03. The van der Waals surface area contributed by atoms with Crippen LogP contribution in [0.15, 0.2) is 42.5 Å². The first-order chi connectivity index (χ1) is 9.04. The van der Waals surface area contributed by atoms with Crippen molar-refractivity contribution in [2.45, 2.75) is 6.92 Å². The highest BCUT2D eigenvalue weighted by Gasteiger charge is 2.09. The van der Waals surface area contributed by atoms with Crippen molar-refractivity contribution in [3.63, 3.8) is 0 Å². The first-order valence-corrected chi connectivity index (χ1v) is 6.11. The summed E-state index contributed by atoms with van der Waals surface area (Å²) in [6.45, 7) is 1.60. The monoisotopic (exact) mass is 278 g/mol. The smallest absolute Gasteiger partial charge is 0.200 e. The number of halogens is 2. The summed E-state index contributed by atoms with van der Waals surface area (Å²) in [4.78, 5) is 11.9. The molecule has 2 rings (SSSR count). The standard InChI is InChI=1S/C15H12ClFO2/c1-10-6-11(8-13(17)7-10)15(18)9-19-14-4-2-12(16)3-5-14/h2-8H,9H2,1H3. The Morgan fingerprint density at radius 1 is 1.21 bits per heavy atom. The van der Waals surface area contributed by atoms with E-state index in [-0.39, 0.29) is 12.4 Å². The molecule has 0 aliphatic rings. The van der Waals surface area contributed by atoms with Gasteiger partial charge in [-0.05, 0) is 55.0 Å². The molecule has 2 aromatic rings. The summed E-state index contributed by atoms with van der Waals surface area (Å²) in [6.07, 6.45) is 0. The van der Waals surface area contributed by atoms with E-state index in [1.54, 1.807) is 37.3 Å². The van der Waals surface area contributed by atoms with Gasteiger partial charge in [-0.15, -0.1) is 0 Å². The van der Waals surface area contributed by atoms with Crippen LogP contribution in [0.25, 0.3) is 0 Å². The lowest BCUT2D eigenvalue weighted by atomic mass is 10.1. The Kier molecular flexibility index (Phi) is 4.17. The molecule has 0 radical (unpaired) electrons. The van der Waals surface area contributed by atoms with Crippen molar-refractivity contribution in [1.82, 2.24) is 0 Å². The van der Waals surface area contributed by atoms with E-state index in [1.807, 2.05) is 0 Å². The van der Waals surface area contributed by atoms with Crippen LogP contribution >= 0.6 is 11.6 Å². The fourth-order valence-corrected chi connectivity index (χ4v) is 1.79. The van der Waals surface area contributed by atoms with Gasteiger partial charge in [0, 0.05) is 10.6 Å². The number of ketones is 1. The summed E-state index contributed by atoms with van der Waals surface area (Å²) in [5.41, 5.74) is 1.02. The fraction of sp³-hybridized carbons (Fsp3) is 0.133. The first-order valence-electron chi connectivity index (χ1n) is 5.73. The molecular weight excluding hydrogens is 267 g/mol. The van der Waals surface area contributed by atoms with E-state index in [1.165, 1.54) is 12.1 Å². The summed E-state index contributed by atoms with van der Waals surface area (Å²) >= 11 is 5.74. The zero-order valence-electron chi connectivity index (χ0n) is 10.3. The third-order valence-corrected chi connectivity index (χ3v) is 2.80. The topological polar surface area (TPSA) is 26.3 Å². The first kappa shape index (κ1) is 13.6. The molecule has 19 heavy (non-hydrogen) atoms. The number of carbonyl (C=O) groups is 1. The van der Waals surface area contributed by atoms with Gasteiger partial charge >= 0.3 is 0 Å². The molecular formula is C15H12ClFO2. The number of carbonyl (C=O) groups excluding carboxylic acids is 1. The average Bonchev–Trinajstić information content (AvgIpc) is 2.36. The fourth-order valence-electron chi connectivity index (χ4n) is 1.66. The molecule has 0 unspecified atom stereocenters. The second kappa shape index (κ2) is 5.85. The van der Waals surface area contributed by atoms with Gasteiger partial charge in [0.25, 0.3) is 0 Å². The van der Waals surface area contributed by atoms with Crippen molar-refractivity contribution in [2.75, 3.05) is 6.61 Å².